The molecule has 11 heteroatoms. The molecule has 2 N–H and O–H groups in total. The zero-order chi connectivity index (χ0) is 14.3. The molecule has 0 bridgehead atoms. The molecular weight excluding hydrogens is 352 g/mol. The number of diazo groups is 1. The Balaban J connectivity index is 4.07. The van der Waals surface area contributed by atoms with Gasteiger partial charge in [0.1, 0.15) is 0 Å². The maximum Gasteiger partial charge on any atom is 0.427 e. The van der Waals surface area contributed by atoms with Crippen molar-refractivity contribution >= 4 is 41.9 Å². The quantitative estimate of drug-likeness (QED) is 0.607. The lowest BCUT2D eigenvalue weighted by Crippen LogP contribution is -2.07. The van der Waals surface area contributed by atoms with Crippen molar-refractivity contribution in [2.75, 3.05) is 0 Å². The number of halogens is 1. The predicted molar refractivity (Wildman–Crippen MR) is 63.3 cm³/mol. The van der Waals surface area contributed by atoms with Gasteiger partial charge in [-0.1, -0.05) is 15.9 Å². The second-order valence-electron chi connectivity index (χ2n) is 3.21. The summed E-state index contributed by atoms with van der Waals surface area (Å²) < 4.78 is 62.3. The predicted octanol–water partition coefficient (Wildman–Crippen LogP) is 1.74. The van der Waals surface area contributed by atoms with Crippen LogP contribution in [0.2, 0.25) is 0 Å². The monoisotopic (exact) mass is 357 g/mol. The van der Waals surface area contributed by atoms with Crippen molar-refractivity contribution in [1.82, 2.24) is 0 Å². The van der Waals surface area contributed by atoms with Gasteiger partial charge in [0.2, 0.25) is 5.39 Å². The average Bonchev–Trinajstić information content (AvgIpc) is 2.17. The minimum atomic E-state index is -4.84. The van der Waals surface area contributed by atoms with Crippen LogP contribution in [0.1, 0.15) is 5.56 Å². The zero-order valence-corrected chi connectivity index (χ0v) is 11.9. The summed E-state index contributed by atoms with van der Waals surface area (Å²) >= 11 is 2.87. The fraction of sp³-hybridized carbons (Fsp3) is 0.143. The highest BCUT2D eigenvalue weighted by Gasteiger charge is 2.37. The number of hydrogen-bond donors (Lipinski definition) is 2. The summed E-state index contributed by atoms with van der Waals surface area (Å²) in [5.41, 5.74) is -1.03. The Hall–Kier alpha value is -1.06. The van der Waals surface area contributed by atoms with Crippen LogP contribution in [-0.2, 0) is 20.2 Å². The van der Waals surface area contributed by atoms with Crippen LogP contribution < -0.4 is 0 Å². The van der Waals surface area contributed by atoms with Crippen molar-refractivity contribution in [2.24, 2.45) is 0 Å². The molecule has 98 valence electrons. The minimum Gasteiger partial charge on any atom is -0.282 e. The second-order valence-corrected chi connectivity index (χ2v) is 6.81. The molecule has 0 spiro atoms. The summed E-state index contributed by atoms with van der Waals surface area (Å²) in [5, 5.41) is 8.70. The van der Waals surface area contributed by atoms with Crippen LogP contribution in [0, 0.1) is 12.3 Å². The molecule has 0 aliphatic heterocycles. The van der Waals surface area contributed by atoms with E-state index in [1.54, 1.807) is 0 Å². The van der Waals surface area contributed by atoms with Crippen molar-refractivity contribution in [3.05, 3.63) is 21.1 Å². The molecule has 0 amide bonds. The first-order valence-corrected chi connectivity index (χ1v) is 7.80. The Bertz CT molecular complexity index is 762. The third-order valence-corrected chi connectivity index (χ3v) is 4.75. The van der Waals surface area contributed by atoms with Gasteiger partial charge in [-0.05, 0) is 18.6 Å². The summed E-state index contributed by atoms with van der Waals surface area (Å²) in [4.78, 5) is 0.647. The smallest absolute Gasteiger partial charge is 0.282 e. The fourth-order valence-electron chi connectivity index (χ4n) is 1.30. The Morgan fingerprint density at radius 1 is 1.22 bits per heavy atom. The van der Waals surface area contributed by atoms with Crippen LogP contribution in [0.5, 0.6) is 0 Å². The molecule has 1 aromatic rings. The van der Waals surface area contributed by atoms with Crippen molar-refractivity contribution < 1.29 is 25.9 Å². The van der Waals surface area contributed by atoms with E-state index < -0.39 is 35.7 Å². The molecule has 0 heterocycles. The molecule has 0 atom stereocenters. The van der Waals surface area contributed by atoms with Gasteiger partial charge in [-0.3, -0.25) is 9.11 Å². The largest absolute Gasteiger partial charge is 0.427 e. The van der Waals surface area contributed by atoms with E-state index in [1.165, 1.54) is 6.92 Å². The van der Waals surface area contributed by atoms with E-state index in [9.17, 15) is 16.8 Å². The van der Waals surface area contributed by atoms with E-state index in [4.69, 9.17) is 14.5 Å². The van der Waals surface area contributed by atoms with Gasteiger partial charge < -0.3 is 0 Å². The third-order valence-electron chi connectivity index (χ3n) is 2.04. The van der Waals surface area contributed by atoms with Crippen LogP contribution in [-0.4, -0.2) is 25.9 Å². The van der Waals surface area contributed by atoms with E-state index >= 15 is 0 Å². The fourth-order valence-corrected chi connectivity index (χ4v) is 3.62. The van der Waals surface area contributed by atoms with E-state index in [2.05, 4.69) is 20.9 Å². The van der Waals surface area contributed by atoms with Gasteiger partial charge >= 0.3 is 25.9 Å². The van der Waals surface area contributed by atoms with Gasteiger partial charge in [0.15, 0.2) is 14.8 Å². The normalized spacial score (nSPS) is 12.2. The van der Waals surface area contributed by atoms with Gasteiger partial charge in [0.05, 0.1) is 0 Å². The van der Waals surface area contributed by atoms with Crippen molar-refractivity contribution in [3.63, 3.8) is 0 Å². The first kappa shape index (κ1) is 15.0. The Labute approximate surface area is 111 Å². The van der Waals surface area contributed by atoms with Crippen molar-refractivity contribution in [1.29, 1.82) is 5.39 Å². The Kier molecular flexibility index (Phi) is 3.80. The topological polar surface area (TPSA) is 137 Å². The SMILES string of the molecule is Cc1c(Br)cc(S(=O)(=O)O)c([N+]#N)c1S(=O)(=O)O. The Morgan fingerprint density at radius 2 is 1.72 bits per heavy atom. The number of benzene rings is 1. The van der Waals surface area contributed by atoms with E-state index in [1.807, 2.05) is 0 Å². The summed E-state index contributed by atoms with van der Waals surface area (Å²) in [7, 11) is -9.67. The third kappa shape index (κ3) is 2.68. The van der Waals surface area contributed by atoms with Crippen molar-refractivity contribution in [3.8, 4) is 0 Å². The molecule has 18 heavy (non-hydrogen) atoms. The molecule has 0 radical (unpaired) electrons. The van der Waals surface area contributed by atoms with E-state index in [0.717, 1.165) is 6.07 Å². The van der Waals surface area contributed by atoms with Gasteiger partial charge in [-0.2, -0.15) is 16.8 Å². The van der Waals surface area contributed by atoms with Gasteiger partial charge in [-0.15, -0.1) is 0 Å². The van der Waals surface area contributed by atoms with Crippen LogP contribution in [0.4, 0.5) is 5.69 Å². The number of nitrogens with zero attached hydrogens (tertiary/aromatic N) is 2. The molecule has 0 saturated heterocycles. The molecular formula is C7H6BrN2O6S2+. The van der Waals surface area contributed by atoms with Crippen molar-refractivity contribution in [2.45, 2.75) is 16.7 Å². The molecule has 0 unspecified atom stereocenters. The lowest BCUT2D eigenvalue weighted by molar-refractivity contribution is 0.481. The summed E-state index contributed by atoms with van der Waals surface area (Å²) in [6.45, 7) is 1.25. The highest BCUT2D eigenvalue weighted by atomic mass is 79.9. The average molecular weight is 358 g/mol. The van der Waals surface area contributed by atoms with Gasteiger partial charge in [0.25, 0.3) is 0 Å². The maximum atomic E-state index is 11.2. The zero-order valence-electron chi connectivity index (χ0n) is 8.69. The van der Waals surface area contributed by atoms with E-state index in [-0.39, 0.29) is 10.0 Å². The standard InChI is InChI=1S/C7H5BrN2O6S2/c1-3-4(8)2-5(17(11,12)13)6(10-9)7(3)18(14,15)16/h2H,1H3,(H-,11,12,13,14,15,16)/p+1. The maximum absolute atomic E-state index is 11.2. The molecule has 0 fully saturated rings. The second kappa shape index (κ2) is 4.56. The molecule has 0 aliphatic carbocycles. The summed E-state index contributed by atoms with van der Waals surface area (Å²) in [5.74, 6) is 0. The summed E-state index contributed by atoms with van der Waals surface area (Å²) in [6, 6.07) is 0.856. The molecule has 1 aromatic carbocycles. The van der Waals surface area contributed by atoms with Crippen LogP contribution in [0.15, 0.2) is 20.3 Å². The first-order valence-electron chi connectivity index (χ1n) is 4.13. The minimum absolute atomic E-state index is 0.00449. The number of rotatable bonds is 2. The molecule has 0 aromatic heterocycles. The van der Waals surface area contributed by atoms with Gasteiger partial charge in [0, 0.05) is 4.47 Å². The molecule has 8 nitrogen and oxygen atoms in total. The van der Waals surface area contributed by atoms with E-state index in [0.29, 0.717) is 0 Å². The highest BCUT2D eigenvalue weighted by Crippen LogP contribution is 2.38. The number of hydrogen-bond acceptors (Lipinski definition) is 5. The molecule has 1 rings (SSSR count). The Morgan fingerprint density at radius 3 is 2.06 bits per heavy atom. The summed E-state index contributed by atoms with van der Waals surface area (Å²) in [6.07, 6.45) is 0. The lowest BCUT2D eigenvalue weighted by Gasteiger charge is -2.04. The molecule has 0 aliphatic rings. The lowest BCUT2D eigenvalue weighted by atomic mass is 10.2. The van der Waals surface area contributed by atoms with Crippen LogP contribution >= 0.6 is 15.9 Å². The van der Waals surface area contributed by atoms with Gasteiger partial charge in [-0.25, -0.2) is 0 Å². The van der Waals surface area contributed by atoms with Crippen LogP contribution in [0.25, 0.3) is 4.98 Å². The first-order chi connectivity index (χ1) is 8.00. The van der Waals surface area contributed by atoms with Crippen LogP contribution in [0.3, 0.4) is 0 Å². The highest BCUT2D eigenvalue weighted by molar-refractivity contribution is 9.10. The molecule has 0 saturated carbocycles.